The molecule has 1 aliphatic heterocycles. The Labute approximate surface area is 194 Å². The summed E-state index contributed by atoms with van der Waals surface area (Å²) in [4.78, 5) is 30.9. The van der Waals surface area contributed by atoms with Gasteiger partial charge in [-0.25, -0.2) is 13.6 Å². The molecular formula is C21H26ClF2N5O4. The third kappa shape index (κ3) is 3.89. The summed E-state index contributed by atoms with van der Waals surface area (Å²) in [6.45, 7) is 4.32. The summed E-state index contributed by atoms with van der Waals surface area (Å²) in [6.07, 6.45) is 2.48. The van der Waals surface area contributed by atoms with Gasteiger partial charge in [-0.3, -0.25) is 4.79 Å². The molecule has 180 valence electrons. The Balaban J connectivity index is 0.00000306. The van der Waals surface area contributed by atoms with Crippen molar-refractivity contribution in [3.05, 3.63) is 33.6 Å². The van der Waals surface area contributed by atoms with Crippen molar-refractivity contribution in [2.45, 2.75) is 32.7 Å². The number of benzene rings is 1. The number of nitrogen functional groups attached to an aromatic ring is 1. The lowest BCUT2D eigenvalue weighted by Crippen LogP contribution is -2.36. The number of hydrogen-bond donors (Lipinski definition) is 3. The van der Waals surface area contributed by atoms with Crippen LogP contribution in [0.1, 0.15) is 43.1 Å². The van der Waals surface area contributed by atoms with Gasteiger partial charge in [0.1, 0.15) is 17.9 Å². The molecule has 0 spiro atoms. The molecule has 2 fully saturated rings. The van der Waals surface area contributed by atoms with Gasteiger partial charge < -0.3 is 30.9 Å². The van der Waals surface area contributed by atoms with Crippen LogP contribution in [-0.2, 0) is 4.84 Å². The number of halogens is 3. The Morgan fingerprint density at radius 1 is 1.36 bits per heavy atom. The number of nitrogens with two attached hydrogens (primary N) is 2. The van der Waals surface area contributed by atoms with Crippen LogP contribution in [0.25, 0.3) is 10.9 Å². The van der Waals surface area contributed by atoms with Gasteiger partial charge in [-0.05, 0) is 19.8 Å². The molecule has 0 bridgehead atoms. The van der Waals surface area contributed by atoms with E-state index in [1.54, 1.807) is 6.92 Å². The maximum Gasteiger partial charge on any atom is 0.341 e. The molecule has 2 heterocycles. The van der Waals surface area contributed by atoms with Crippen molar-refractivity contribution >= 4 is 46.4 Å². The number of aromatic nitrogens is 1. The predicted molar refractivity (Wildman–Crippen MR) is 123 cm³/mol. The molecule has 0 amide bonds. The summed E-state index contributed by atoms with van der Waals surface area (Å²) in [5.74, 6) is -3.57. The smallest absolute Gasteiger partial charge is 0.341 e. The molecule has 2 aromatic rings. The first-order valence-corrected chi connectivity index (χ1v) is 10.4. The molecule has 4 rings (SSSR count). The van der Waals surface area contributed by atoms with Crippen molar-refractivity contribution in [2.24, 2.45) is 16.3 Å². The van der Waals surface area contributed by atoms with Crippen molar-refractivity contribution < 1.29 is 23.5 Å². The van der Waals surface area contributed by atoms with Gasteiger partial charge in [-0.1, -0.05) is 12.1 Å². The van der Waals surface area contributed by atoms with Crippen molar-refractivity contribution in [3.63, 3.8) is 0 Å². The van der Waals surface area contributed by atoms with Gasteiger partial charge in [0.2, 0.25) is 5.43 Å². The molecule has 2 aliphatic rings. The van der Waals surface area contributed by atoms with Crippen LogP contribution >= 0.6 is 12.4 Å². The fraction of sp³-hybridized carbons (Fsp3) is 0.476. The first-order valence-electron chi connectivity index (χ1n) is 10.4. The third-order valence-corrected chi connectivity index (χ3v) is 6.18. The zero-order valence-electron chi connectivity index (χ0n) is 18.2. The van der Waals surface area contributed by atoms with Crippen molar-refractivity contribution in [3.8, 4) is 0 Å². The van der Waals surface area contributed by atoms with Gasteiger partial charge in [0.05, 0.1) is 28.8 Å². The topological polar surface area (TPSA) is 136 Å². The van der Waals surface area contributed by atoms with E-state index in [4.69, 9.17) is 16.3 Å². The average Bonchev–Trinajstić information content (AvgIpc) is 3.54. The lowest BCUT2D eigenvalue weighted by atomic mass is 9.88. The molecule has 9 nitrogen and oxygen atoms in total. The van der Waals surface area contributed by atoms with E-state index >= 15 is 8.78 Å². The Bertz CT molecular complexity index is 1210. The van der Waals surface area contributed by atoms with Gasteiger partial charge >= 0.3 is 5.97 Å². The number of carboxylic acids is 1. The minimum Gasteiger partial charge on any atom is -0.477 e. The molecule has 1 aromatic heterocycles. The number of rotatable bonds is 6. The summed E-state index contributed by atoms with van der Waals surface area (Å²) in [5, 5.41) is 13.0. The molecule has 5 N–H and O–H groups in total. The number of carbonyl (C=O) groups is 1. The van der Waals surface area contributed by atoms with Crippen molar-refractivity contribution in [2.75, 3.05) is 36.9 Å². The second-order valence-corrected chi connectivity index (χ2v) is 8.51. The van der Waals surface area contributed by atoms with E-state index < -0.39 is 50.8 Å². The standard InChI is InChI=1S/C21H25F2N5O4.ClH/c1-3-32-26-12-7-27(9-21(12,2)8-24)18-14(22)16(25)13-17(15(18)23)28(10-4-5-10)6-11(19(13)29)20(30)31;/h6,10H,3-5,7-9,24-25H2,1-2H3,(H,30,31);1H. The number of hydrogen-bond acceptors (Lipinski definition) is 7. The summed E-state index contributed by atoms with van der Waals surface area (Å²) < 4.78 is 32.7. The predicted octanol–water partition coefficient (Wildman–Crippen LogP) is 2.49. The van der Waals surface area contributed by atoms with Crippen LogP contribution in [-0.4, -0.2) is 47.6 Å². The van der Waals surface area contributed by atoms with Crippen LogP contribution in [0.5, 0.6) is 0 Å². The van der Waals surface area contributed by atoms with E-state index in [0.29, 0.717) is 25.2 Å². The number of anilines is 2. The zero-order valence-corrected chi connectivity index (χ0v) is 19.0. The number of nitrogens with zero attached hydrogens (tertiary/aromatic N) is 3. The summed E-state index contributed by atoms with van der Waals surface area (Å²) in [7, 11) is 0. The van der Waals surface area contributed by atoms with E-state index in [0.717, 1.165) is 6.20 Å². The van der Waals surface area contributed by atoms with E-state index in [1.165, 1.54) is 9.47 Å². The highest BCUT2D eigenvalue weighted by atomic mass is 35.5. The first kappa shape index (κ1) is 24.7. The Morgan fingerprint density at radius 3 is 2.58 bits per heavy atom. The molecule has 33 heavy (non-hydrogen) atoms. The Morgan fingerprint density at radius 2 is 2.03 bits per heavy atom. The summed E-state index contributed by atoms with van der Waals surface area (Å²) >= 11 is 0. The molecule has 12 heteroatoms. The number of fused-ring (bicyclic) bond motifs is 1. The molecule has 0 radical (unpaired) electrons. The molecule has 1 aromatic carbocycles. The van der Waals surface area contributed by atoms with Crippen LogP contribution < -0.4 is 21.8 Å². The summed E-state index contributed by atoms with van der Waals surface area (Å²) in [5.41, 5.74) is 9.00. The van der Waals surface area contributed by atoms with Gasteiger partial charge in [-0.15, -0.1) is 12.4 Å². The molecule has 1 aliphatic carbocycles. The lowest BCUT2D eigenvalue weighted by molar-refractivity contribution is 0.0694. The minimum atomic E-state index is -1.48. The number of aromatic carboxylic acids is 1. The normalized spacial score (nSPS) is 21.5. The molecule has 1 unspecified atom stereocenters. The van der Waals surface area contributed by atoms with Crippen LogP contribution in [0.15, 0.2) is 16.1 Å². The molecular weight excluding hydrogens is 460 g/mol. The second kappa shape index (κ2) is 8.79. The number of oxime groups is 1. The maximum atomic E-state index is 15.9. The van der Waals surface area contributed by atoms with Gasteiger partial charge in [0, 0.05) is 30.7 Å². The first-order chi connectivity index (χ1) is 15.1. The summed E-state index contributed by atoms with van der Waals surface area (Å²) in [6, 6.07) is -0.189. The quantitative estimate of drug-likeness (QED) is 0.422. The highest BCUT2D eigenvalue weighted by Crippen LogP contribution is 2.43. The van der Waals surface area contributed by atoms with Gasteiger partial charge in [0.15, 0.2) is 11.6 Å². The second-order valence-electron chi connectivity index (χ2n) is 8.51. The Hall–Kier alpha value is -2.92. The fourth-order valence-corrected chi connectivity index (χ4v) is 4.19. The van der Waals surface area contributed by atoms with E-state index in [1.807, 2.05) is 6.92 Å². The van der Waals surface area contributed by atoms with E-state index in [2.05, 4.69) is 5.16 Å². The number of pyridine rings is 1. The van der Waals surface area contributed by atoms with Gasteiger partial charge in [0.25, 0.3) is 0 Å². The Kier molecular flexibility index (Phi) is 6.58. The number of carboxylic acid groups (broad SMARTS) is 1. The largest absolute Gasteiger partial charge is 0.477 e. The van der Waals surface area contributed by atoms with E-state index in [-0.39, 0.29) is 43.6 Å². The van der Waals surface area contributed by atoms with Crippen molar-refractivity contribution in [1.82, 2.24) is 4.57 Å². The maximum absolute atomic E-state index is 15.9. The highest BCUT2D eigenvalue weighted by molar-refractivity contribution is 6.02. The zero-order chi connectivity index (χ0) is 23.4. The van der Waals surface area contributed by atoms with Crippen LogP contribution in [0, 0.1) is 17.0 Å². The SMILES string of the molecule is CCON=C1CN(c2c(F)c(N)c3c(=O)c(C(=O)O)cn(C4CC4)c3c2F)CC1(C)CN.Cl. The van der Waals surface area contributed by atoms with Crippen LogP contribution in [0.2, 0.25) is 0 Å². The molecule has 1 atom stereocenters. The van der Waals surface area contributed by atoms with Gasteiger partial charge in [-0.2, -0.15) is 0 Å². The monoisotopic (exact) mass is 485 g/mol. The highest BCUT2D eigenvalue weighted by Gasteiger charge is 2.43. The fourth-order valence-electron chi connectivity index (χ4n) is 4.19. The minimum absolute atomic E-state index is 0. The lowest BCUT2D eigenvalue weighted by Gasteiger charge is -2.25. The van der Waals surface area contributed by atoms with Crippen LogP contribution in [0.4, 0.5) is 20.2 Å². The van der Waals surface area contributed by atoms with Crippen LogP contribution in [0.3, 0.4) is 0 Å². The average molecular weight is 486 g/mol. The molecule has 1 saturated heterocycles. The van der Waals surface area contributed by atoms with Crippen molar-refractivity contribution in [1.29, 1.82) is 0 Å². The molecule has 1 saturated carbocycles. The van der Waals surface area contributed by atoms with E-state index in [9.17, 15) is 14.7 Å². The third-order valence-electron chi connectivity index (χ3n) is 6.18.